The molecule has 0 radical (unpaired) electrons. The Bertz CT molecular complexity index is 539. The Morgan fingerprint density at radius 3 is 2.50 bits per heavy atom. The summed E-state index contributed by atoms with van der Waals surface area (Å²) >= 11 is 10.6. The summed E-state index contributed by atoms with van der Waals surface area (Å²) in [5.74, 6) is 0.671. The Hall–Kier alpha value is -1.72. The first kappa shape index (κ1) is 12.7. The van der Waals surface area contributed by atoms with Crippen molar-refractivity contribution < 1.29 is 0 Å². The van der Waals surface area contributed by atoms with Crippen molar-refractivity contribution in [1.29, 1.82) is 0 Å². The van der Waals surface area contributed by atoms with Gasteiger partial charge in [0.15, 0.2) is 0 Å². The first-order chi connectivity index (χ1) is 8.65. The zero-order valence-corrected chi connectivity index (χ0v) is 11.0. The lowest BCUT2D eigenvalue weighted by atomic mass is 10.2. The van der Waals surface area contributed by atoms with Crippen LogP contribution in [0.3, 0.4) is 0 Å². The smallest absolute Gasteiger partial charge is 0.144 e. The van der Waals surface area contributed by atoms with Gasteiger partial charge in [0.2, 0.25) is 0 Å². The number of nitrogens with one attached hydrogen (secondary N) is 1. The van der Waals surface area contributed by atoms with Gasteiger partial charge in [-0.05, 0) is 17.7 Å². The number of benzene rings is 1. The third-order valence-corrected chi connectivity index (χ3v) is 2.75. The molecule has 1 aromatic heterocycles. The van der Waals surface area contributed by atoms with Crippen molar-refractivity contribution in [3.05, 3.63) is 52.9 Å². The van der Waals surface area contributed by atoms with Gasteiger partial charge in [-0.2, -0.15) is 0 Å². The largest absolute Gasteiger partial charge is 0.388 e. The molecule has 0 bridgehead atoms. The number of hydrogen-bond donors (Lipinski definition) is 2. The van der Waals surface area contributed by atoms with Gasteiger partial charge < -0.3 is 11.1 Å². The average molecular weight is 279 g/mol. The number of hydrogen-bond acceptors (Lipinski definition) is 4. The van der Waals surface area contributed by atoms with Crippen LogP contribution in [0.15, 0.2) is 36.7 Å². The zero-order chi connectivity index (χ0) is 13.0. The highest BCUT2D eigenvalue weighted by Gasteiger charge is 2.00. The molecule has 0 spiro atoms. The Morgan fingerprint density at radius 2 is 1.94 bits per heavy atom. The average Bonchev–Trinajstić information content (AvgIpc) is 2.38. The van der Waals surface area contributed by atoms with Crippen molar-refractivity contribution >= 4 is 34.6 Å². The molecule has 0 aliphatic carbocycles. The highest BCUT2D eigenvalue weighted by atomic mass is 35.5. The van der Waals surface area contributed by atoms with Crippen LogP contribution in [0.4, 0.5) is 5.82 Å². The fourth-order valence-corrected chi connectivity index (χ4v) is 1.57. The van der Waals surface area contributed by atoms with Crippen LogP contribution < -0.4 is 11.1 Å². The van der Waals surface area contributed by atoms with E-state index in [1.165, 1.54) is 0 Å². The summed E-state index contributed by atoms with van der Waals surface area (Å²) in [5, 5.41) is 3.87. The van der Waals surface area contributed by atoms with Crippen molar-refractivity contribution in [3.63, 3.8) is 0 Å². The minimum absolute atomic E-state index is 0.242. The highest BCUT2D eigenvalue weighted by molar-refractivity contribution is 7.80. The van der Waals surface area contributed by atoms with Gasteiger partial charge in [0.1, 0.15) is 16.5 Å². The first-order valence-electron chi connectivity index (χ1n) is 5.25. The molecule has 0 aliphatic heterocycles. The number of nitrogens with two attached hydrogens (primary N) is 1. The van der Waals surface area contributed by atoms with E-state index in [-0.39, 0.29) is 4.99 Å². The molecule has 2 rings (SSSR count). The van der Waals surface area contributed by atoms with E-state index in [0.717, 1.165) is 10.6 Å². The van der Waals surface area contributed by atoms with E-state index in [1.54, 1.807) is 12.4 Å². The lowest BCUT2D eigenvalue weighted by Gasteiger charge is -2.05. The maximum atomic E-state index is 5.81. The molecule has 1 aromatic carbocycles. The summed E-state index contributed by atoms with van der Waals surface area (Å²) in [6.45, 7) is 0.651. The van der Waals surface area contributed by atoms with Gasteiger partial charge in [-0.1, -0.05) is 36.0 Å². The predicted molar refractivity (Wildman–Crippen MR) is 76.7 cm³/mol. The molecule has 0 aliphatic rings. The van der Waals surface area contributed by atoms with Crippen LogP contribution in [0.25, 0.3) is 0 Å². The second kappa shape index (κ2) is 5.75. The van der Waals surface area contributed by atoms with E-state index < -0.39 is 0 Å². The molecule has 0 atom stereocenters. The summed E-state index contributed by atoms with van der Waals surface area (Å²) in [6, 6.07) is 7.60. The lowest BCUT2D eigenvalue weighted by Crippen LogP contribution is -2.12. The van der Waals surface area contributed by atoms with Crippen LogP contribution in [-0.4, -0.2) is 15.0 Å². The summed E-state index contributed by atoms with van der Waals surface area (Å²) < 4.78 is 0. The molecule has 6 heteroatoms. The number of nitrogens with zero attached hydrogens (tertiary/aromatic N) is 2. The molecular formula is C12H11ClN4S. The maximum Gasteiger partial charge on any atom is 0.144 e. The van der Waals surface area contributed by atoms with E-state index >= 15 is 0 Å². The molecule has 0 amide bonds. The quantitative estimate of drug-likeness (QED) is 0.841. The fourth-order valence-electron chi connectivity index (χ4n) is 1.34. The van der Waals surface area contributed by atoms with Crippen molar-refractivity contribution in [1.82, 2.24) is 9.97 Å². The third kappa shape index (κ3) is 3.38. The SMILES string of the molecule is NC(=S)c1cnc(NCc2ccc(Cl)cc2)cn1. The fraction of sp³-hybridized carbons (Fsp3) is 0.0833. The van der Waals surface area contributed by atoms with Crippen molar-refractivity contribution in [2.75, 3.05) is 5.32 Å². The van der Waals surface area contributed by atoms with Crippen LogP contribution in [-0.2, 0) is 6.54 Å². The molecule has 0 unspecified atom stereocenters. The maximum absolute atomic E-state index is 5.81. The number of thiocarbonyl (C=S) groups is 1. The van der Waals surface area contributed by atoms with Crippen LogP contribution in [0, 0.1) is 0 Å². The second-order valence-electron chi connectivity index (χ2n) is 3.63. The minimum atomic E-state index is 0.242. The summed E-state index contributed by atoms with van der Waals surface area (Å²) in [5.41, 5.74) is 7.07. The Morgan fingerprint density at radius 1 is 1.22 bits per heavy atom. The van der Waals surface area contributed by atoms with Crippen LogP contribution >= 0.6 is 23.8 Å². The van der Waals surface area contributed by atoms with Gasteiger partial charge in [-0.3, -0.25) is 0 Å². The van der Waals surface area contributed by atoms with Gasteiger partial charge in [0.05, 0.1) is 12.4 Å². The molecule has 1 heterocycles. The van der Waals surface area contributed by atoms with E-state index in [1.807, 2.05) is 24.3 Å². The van der Waals surface area contributed by atoms with E-state index in [4.69, 9.17) is 29.6 Å². The molecule has 0 saturated heterocycles. The second-order valence-corrected chi connectivity index (χ2v) is 4.51. The predicted octanol–water partition coefficient (Wildman–Crippen LogP) is 2.38. The van der Waals surface area contributed by atoms with Gasteiger partial charge in [0.25, 0.3) is 0 Å². The van der Waals surface area contributed by atoms with Crippen molar-refractivity contribution in [3.8, 4) is 0 Å². The van der Waals surface area contributed by atoms with Crippen molar-refractivity contribution in [2.24, 2.45) is 5.73 Å². The summed E-state index contributed by atoms with van der Waals surface area (Å²) in [4.78, 5) is 8.50. The first-order valence-corrected chi connectivity index (χ1v) is 6.04. The number of halogens is 1. The Kier molecular flexibility index (Phi) is 4.07. The van der Waals surface area contributed by atoms with Crippen LogP contribution in [0.2, 0.25) is 5.02 Å². The van der Waals surface area contributed by atoms with Crippen molar-refractivity contribution in [2.45, 2.75) is 6.54 Å². The summed E-state index contributed by atoms with van der Waals surface area (Å²) in [7, 11) is 0. The van der Waals surface area contributed by atoms with E-state index in [9.17, 15) is 0 Å². The van der Waals surface area contributed by atoms with E-state index in [0.29, 0.717) is 18.1 Å². The Balaban J connectivity index is 1.97. The number of rotatable bonds is 4. The zero-order valence-electron chi connectivity index (χ0n) is 9.43. The molecule has 4 nitrogen and oxygen atoms in total. The normalized spacial score (nSPS) is 10.1. The van der Waals surface area contributed by atoms with Gasteiger partial charge in [-0.15, -0.1) is 0 Å². The Labute approximate surface area is 115 Å². The summed E-state index contributed by atoms with van der Waals surface area (Å²) in [6.07, 6.45) is 3.15. The molecule has 92 valence electrons. The number of aromatic nitrogens is 2. The molecular weight excluding hydrogens is 268 g/mol. The number of anilines is 1. The van der Waals surface area contributed by atoms with E-state index in [2.05, 4.69) is 15.3 Å². The monoisotopic (exact) mass is 278 g/mol. The lowest BCUT2D eigenvalue weighted by molar-refractivity contribution is 1.08. The van der Waals surface area contributed by atoms with Crippen LogP contribution in [0.1, 0.15) is 11.3 Å². The standard InChI is InChI=1S/C12H11ClN4S/c13-9-3-1-8(2-4-9)5-16-11-7-15-10(6-17-11)12(14)18/h1-4,6-7H,5H2,(H2,14,18)(H,16,17). The molecule has 2 aromatic rings. The molecule has 18 heavy (non-hydrogen) atoms. The topological polar surface area (TPSA) is 63.8 Å². The third-order valence-electron chi connectivity index (χ3n) is 2.29. The molecule has 3 N–H and O–H groups in total. The van der Waals surface area contributed by atoms with Gasteiger partial charge >= 0.3 is 0 Å². The molecule has 0 fully saturated rings. The minimum Gasteiger partial charge on any atom is -0.388 e. The van der Waals surface area contributed by atoms with Crippen LogP contribution in [0.5, 0.6) is 0 Å². The highest BCUT2D eigenvalue weighted by Crippen LogP contribution is 2.11. The molecule has 0 saturated carbocycles. The van der Waals surface area contributed by atoms with Gasteiger partial charge in [-0.25, -0.2) is 9.97 Å². The van der Waals surface area contributed by atoms with Gasteiger partial charge in [0, 0.05) is 11.6 Å².